The molecule has 488 valence electrons. The van der Waals surface area contributed by atoms with Crippen LogP contribution in [0.25, 0.3) is 131 Å². The lowest BCUT2D eigenvalue weighted by Gasteiger charge is -2.28. The Hall–Kier alpha value is -11.8. The molecule has 0 saturated heterocycles. The van der Waals surface area contributed by atoms with Gasteiger partial charge in [-0.1, -0.05) is 253 Å². The van der Waals surface area contributed by atoms with E-state index in [4.69, 9.17) is 8.83 Å². The first kappa shape index (κ1) is 63.9. The number of rotatable bonds is 7. The van der Waals surface area contributed by atoms with Gasteiger partial charge in [-0.3, -0.25) is 0 Å². The number of furan rings is 2. The van der Waals surface area contributed by atoms with Gasteiger partial charge in [0.25, 0.3) is 0 Å². The van der Waals surface area contributed by atoms with Gasteiger partial charge >= 0.3 is 0 Å². The van der Waals surface area contributed by atoms with Crippen LogP contribution in [0.3, 0.4) is 0 Å². The fourth-order valence-corrected chi connectivity index (χ4v) is 15.9. The molecule has 18 aromatic rings. The van der Waals surface area contributed by atoms with Crippen LogP contribution < -0.4 is 10.2 Å². The van der Waals surface area contributed by atoms with Gasteiger partial charge in [-0.2, -0.15) is 0 Å². The van der Waals surface area contributed by atoms with E-state index < -0.39 is 0 Å². The number of benzene rings is 16. The van der Waals surface area contributed by atoms with Crippen LogP contribution in [0.5, 0.6) is 0 Å². The van der Waals surface area contributed by atoms with E-state index in [1.807, 2.05) is 6.07 Å². The molecule has 0 radical (unpaired) electrons. The summed E-state index contributed by atoms with van der Waals surface area (Å²) in [5.74, 6) is 0. The zero-order valence-corrected chi connectivity index (χ0v) is 56.9. The SMILES string of the molecule is C.C.CC1(C)c2cc(Br)ccc2-c2cc3ccccc3cc21.CC1(C)c2cc(N(c3ccc(-c4ccccc4)cc3)c3ccc4c(c3)oc3cc5ccccc5cc34)ccc2-c2cc3ccccc3cc21.c1ccc(-c2ccc(Nc3ccc4c(c3)oc3cc5ccccc5cc34)cc2)cc1. The van der Waals surface area contributed by atoms with Crippen molar-refractivity contribution in [2.24, 2.45) is 0 Å². The lowest BCUT2D eigenvalue weighted by atomic mass is 9.81. The molecule has 0 spiro atoms. The van der Waals surface area contributed by atoms with Crippen molar-refractivity contribution in [1.29, 1.82) is 0 Å². The number of halogens is 1. The molecule has 0 bridgehead atoms. The van der Waals surface area contributed by atoms with E-state index in [0.29, 0.717) is 0 Å². The fourth-order valence-electron chi connectivity index (χ4n) is 15.5. The van der Waals surface area contributed by atoms with Crippen LogP contribution in [0.15, 0.2) is 341 Å². The molecule has 2 aliphatic rings. The van der Waals surface area contributed by atoms with Gasteiger partial charge in [-0.25, -0.2) is 0 Å². The van der Waals surface area contributed by atoms with E-state index in [9.17, 15) is 0 Å². The molecule has 101 heavy (non-hydrogen) atoms. The van der Waals surface area contributed by atoms with Gasteiger partial charge in [-0.15, -0.1) is 0 Å². The average molecular weight is 1370 g/mol. The maximum atomic E-state index is 6.56. The third-order valence-electron chi connectivity index (χ3n) is 20.7. The van der Waals surface area contributed by atoms with Crippen LogP contribution in [0.2, 0.25) is 0 Å². The largest absolute Gasteiger partial charge is 0.456 e. The van der Waals surface area contributed by atoms with Crippen molar-refractivity contribution in [2.45, 2.75) is 53.4 Å². The van der Waals surface area contributed by atoms with Crippen LogP contribution in [-0.2, 0) is 10.8 Å². The number of nitrogens with zero attached hydrogens (tertiary/aromatic N) is 1. The Morgan fingerprint density at radius 2 is 0.614 bits per heavy atom. The first-order valence-electron chi connectivity index (χ1n) is 34.0. The topological polar surface area (TPSA) is 41.6 Å². The number of hydrogen-bond acceptors (Lipinski definition) is 4. The minimum Gasteiger partial charge on any atom is -0.456 e. The normalized spacial score (nSPS) is 12.8. The highest BCUT2D eigenvalue weighted by Crippen LogP contribution is 2.53. The molecule has 5 heteroatoms. The second kappa shape index (κ2) is 25.5. The van der Waals surface area contributed by atoms with Gasteiger partial charge in [0, 0.05) is 77.4 Å². The molecule has 2 heterocycles. The van der Waals surface area contributed by atoms with Crippen LogP contribution in [0, 0.1) is 0 Å². The second-order valence-electron chi connectivity index (χ2n) is 27.5. The Labute approximate surface area is 598 Å². The zero-order chi connectivity index (χ0) is 66.5. The van der Waals surface area contributed by atoms with Crippen LogP contribution >= 0.6 is 15.9 Å². The van der Waals surface area contributed by atoms with E-state index in [2.05, 4.69) is 375 Å². The maximum Gasteiger partial charge on any atom is 0.137 e. The molecule has 1 N–H and O–H groups in total. The monoisotopic (exact) mass is 1370 g/mol. The Morgan fingerprint density at radius 1 is 0.267 bits per heavy atom. The molecule has 2 aliphatic carbocycles. The Bertz CT molecular complexity index is 6200. The molecular weight excluding hydrogens is 1290 g/mol. The third-order valence-corrected chi connectivity index (χ3v) is 21.2. The molecule has 4 nitrogen and oxygen atoms in total. The van der Waals surface area contributed by atoms with Crippen molar-refractivity contribution in [3.05, 3.63) is 354 Å². The molecule has 0 amide bonds. The van der Waals surface area contributed by atoms with Crippen molar-refractivity contribution in [3.63, 3.8) is 0 Å². The number of anilines is 5. The van der Waals surface area contributed by atoms with Crippen LogP contribution in [-0.4, -0.2) is 0 Å². The fraction of sp³-hybridized carbons (Fsp3) is 0.0833. The van der Waals surface area contributed by atoms with Gasteiger partial charge in [-0.05, 0) is 231 Å². The summed E-state index contributed by atoms with van der Waals surface area (Å²) in [6.45, 7) is 9.36. The number of hydrogen-bond donors (Lipinski definition) is 1. The molecular formula is C96H75BrN2O2. The predicted molar refractivity (Wildman–Crippen MR) is 435 cm³/mol. The lowest BCUT2D eigenvalue weighted by molar-refractivity contribution is 0.661. The molecule has 0 atom stereocenters. The smallest absolute Gasteiger partial charge is 0.137 e. The average Bonchev–Trinajstić information content (AvgIpc) is 1.58. The summed E-state index contributed by atoms with van der Waals surface area (Å²) in [6.07, 6.45) is 0. The Balaban J connectivity index is 0.000000129. The highest BCUT2D eigenvalue weighted by Gasteiger charge is 2.38. The van der Waals surface area contributed by atoms with E-state index in [-0.39, 0.29) is 25.7 Å². The molecule has 0 unspecified atom stereocenters. The van der Waals surface area contributed by atoms with Gasteiger partial charge in [0.05, 0.1) is 0 Å². The third kappa shape index (κ3) is 11.4. The summed E-state index contributed by atoms with van der Waals surface area (Å²) in [4.78, 5) is 2.37. The summed E-state index contributed by atoms with van der Waals surface area (Å²) < 4.78 is 13.9. The van der Waals surface area contributed by atoms with E-state index in [1.165, 1.54) is 110 Å². The molecule has 0 saturated carbocycles. The molecule has 0 fully saturated rings. The van der Waals surface area contributed by atoms with Crippen LogP contribution in [0.1, 0.15) is 64.8 Å². The second-order valence-corrected chi connectivity index (χ2v) is 28.4. The molecule has 0 aliphatic heterocycles. The minimum atomic E-state index is -0.141. The molecule has 20 rings (SSSR count). The first-order chi connectivity index (χ1) is 48.4. The summed E-state index contributed by atoms with van der Waals surface area (Å²) in [5, 5.41) is 18.1. The van der Waals surface area contributed by atoms with Gasteiger partial charge < -0.3 is 19.1 Å². The summed E-state index contributed by atoms with van der Waals surface area (Å²) >= 11 is 3.61. The summed E-state index contributed by atoms with van der Waals surface area (Å²) in [7, 11) is 0. The first-order valence-corrected chi connectivity index (χ1v) is 34.8. The minimum absolute atomic E-state index is 0. The molecule has 16 aromatic carbocycles. The quantitative estimate of drug-likeness (QED) is 0.173. The van der Waals surface area contributed by atoms with Gasteiger partial charge in [0.15, 0.2) is 0 Å². The summed E-state index contributed by atoms with van der Waals surface area (Å²) in [6, 6.07) is 117. The highest BCUT2D eigenvalue weighted by atomic mass is 79.9. The predicted octanol–water partition coefficient (Wildman–Crippen LogP) is 28.7. The van der Waals surface area contributed by atoms with Crippen LogP contribution in [0.4, 0.5) is 28.4 Å². The highest BCUT2D eigenvalue weighted by molar-refractivity contribution is 9.10. The van der Waals surface area contributed by atoms with Crippen molar-refractivity contribution < 1.29 is 8.83 Å². The van der Waals surface area contributed by atoms with E-state index in [0.717, 1.165) is 76.8 Å². The molecule has 2 aromatic heterocycles. The Kier molecular flexibility index (Phi) is 16.2. The van der Waals surface area contributed by atoms with E-state index >= 15 is 0 Å². The van der Waals surface area contributed by atoms with Crippen molar-refractivity contribution in [3.8, 4) is 44.5 Å². The summed E-state index contributed by atoms with van der Waals surface area (Å²) in [5.41, 5.74) is 24.7. The number of fused-ring (bicyclic) bond motifs is 16. The lowest BCUT2D eigenvalue weighted by Crippen LogP contribution is -2.16. The van der Waals surface area contributed by atoms with Crippen molar-refractivity contribution in [2.75, 3.05) is 10.2 Å². The van der Waals surface area contributed by atoms with Crippen molar-refractivity contribution in [1.82, 2.24) is 0 Å². The number of nitrogens with one attached hydrogen (secondary N) is 1. The standard InChI is InChI=1S/C47H33NO.C28H19NO.C19H15Br.2CH4/c1-47(2)43-26-34-14-8-6-12-32(34)24-41(43)39-22-20-37(28-44(39)47)48(36-18-16-31(17-19-36)30-10-4-3-5-11-30)38-21-23-40-42-25-33-13-7-9-15-35(33)27-45(42)49-46(40)29-38;1-2-6-19(7-3-1)20-10-12-23(13-11-20)29-24-14-15-25-26-16-21-8-4-5-9-22(21)17-27(26)30-28(25)18-24;1-19(2)17-10-13-6-4-3-5-12(13)9-16(17)15-8-7-14(20)11-18(15)19;;/h3-29H,1-2H3;1-18,29H;3-11H,1-2H3;2*1H4. The van der Waals surface area contributed by atoms with E-state index in [1.54, 1.807) is 0 Å². The van der Waals surface area contributed by atoms with Gasteiger partial charge in [0.2, 0.25) is 0 Å². The van der Waals surface area contributed by atoms with Crippen molar-refractivity contribution >= 4 is 131 Å². The maximum absolute atomic E-state index is 6.56. The Morgan fingerprint density at radius 3 is 1.12 bits per heavy atom. The van der Waals surface area contributed by atoms with Gasteiger partial charge in [0.1, 0.15) is 22.3 Å². The zero-order valence-electron chi connectivity index (χ0n) is 55.3.